The molecule has 1 aliphatic rings. The minimum absolute atomic E-state index is 0.129. The third-order valence-electron chi connectivity index (χ3n) is 8.09. The predicted molar refractivity (Wildman–Crippen MR) is 150 cm³/mol. The standard InChI is InChI=1S/C32H52O5/c1-22(2)11-8-12-23(3)13-9-14-24(4)15-10-19-32(7)20-18-27-26(6)31(25(5)21-28(27)37-32)36-30(35)17-16-29(33)34/h21-24H,8-20H2,1-7H3,(H,33,34)/t23-,24-,32-/m1/s1. The summed E-state index contributed by atoms with van der Waals surface area (Å²) in [5, 5.41) is 8.81. The van der Waals surface area contributed by atoms with Crippen LogP contribution in [0.25, 0.3) is 0 Å². The van der Waals surface area contributed by atoms with Crippen molar-refractivity contribution in [3.8, 4) is 11.5 Å². The highest BCUT2D eigenvalue weighted by molar-refractivity contribution is 5.78. The molecule has 1 N–H and O–H groups in total. The van der Waals surface area contributed by atoms with Gasteiger partial charge in [0.1, 0.15) is 17.1 Å². The van der Waals surface area contributed by atoms with Gasteiger partial charge in [0.25, 0.3) is 0 Å². The third kappa shape index (κ3) is 10.7. The fourth-order valence-corrected chi connectivity index (χ4v) is 5.58. The van der Waals surface area contributed by atoms with Crippen LogP contribution in [-0.4, -0.2) is 22.6 Å². The van der Waals surface area contributed by atoms with Crippen molar-refractivity contribution in [1.29, 1.82) is 0 Å². The zero-order chi connectivity index (χ0) is 27.6. The Kier molecular flexibility index (Phi) is 12.5. The first-order valence-electron chi connectivity index (χ1n) is 14.6. The fourth-order valence-electron chi connectivity index (χ4n) is 5.58. The maximum atomic E-state index is 12.1. The third-order valence-corrected chi connectivity index (χ3v) is 8.09. The smallest absolute Gasteiger partial charge is 0.311 e. The summed E-state index contributed by atoms with van der Waals surface area (Å²) in [6.45, 7) is 15.5. The molecule has 1 aromatic carbocycles. The van der Waals surface area contributed by atoms with E-state index in [1.165, 1.54) is 51.4 Å². The minimum Gasteiger partial charge on any atom is -0.487 e. The van der Waals surface area contributed by atoms with E-state index in [1.54, 1.807) is 0 Å². The number of ether oxygens (including phenoxy) is 2. The van der Waals surface area contributed by atoms with Crippen molar-refractivity contribution in [2.75, 3.05) is 0 Å². The first-order valence-corrected chi connectivity index (χ1v) is 14.6. The van der Waals surface area contributed by atoms with Gasteiger partial charge >= 0.3 is 11.9 Å². The molecule has 2 rings (SSSR count). The van der Waals surface area contributed by atoms with E-state index >= 15 is 0 Å². The number of aliphatic carboxylic acids is 1. The van der Waals surface area contributed by atoms with Gasteiger partial charge < -0.3 is 14.6 Å². The number of hydrogen-bond donors (Lipinski definition) is 1. The van der Waals surface area contributed by atoms with Crippen LogP contribution in [0.3, 0.4) is 0 Å². The van der Waals surface area contributed by atoms with E-state index in [1.807, 2.05) is 19.9 Å². The van der Waals surface area contributed by atoms with Crippen LogP contribution < -0.4 is 9.47 Å². The van der Waals surface area contributed by atoms with E-state index in [0.29, 0.717) is 5.75 Å². The van der Waals surface area contributed by atoms with E-state index in [-0.39, 0.29) is 18.4 Å². The highest BCUT2D eigenvalue weighted by Gasteiger charge is 2.33. The Morgan fingerprint density at radius 1 is 0.973 bits per heavy atom. The molecule has 210 valence electrons. The van der Waals surface area contributed by atoms with E-state index in [2.05, 4.69) is 34.6 Å². The van der Waals surface area contributed by atoms with Gasteiger partial charge in [0.2, 0.25) is 0 Å². The number of carboxylic acids is 1. The molecule has 0 saturated carbocycles. The van der Waals surface area contributed by atoms with Gasteiger partial charge in [-0.2, -0.15) is 0 Å². The molecule has 1 aliphatic heterocycles. The Morgan fingerprint density at radius 2 is 1.57 bits per heavy atom. The van der Waals surface area contributed by atoms with E-state index in [4.69, 9.17) is 14.6 Å². The molecule has 0 amide bonds. The number of carboxylic acid groups (broad SMARTS) is 1. The summed E-state index contributed by atoms with van der Waals surface area (Å²) >= 11 is 0. The van der Waals surface area contributed by atoms with Gasteiger partial charge in [0, 0.05) is 5.56 Å². The average molecular weight is 517 g/mol. The normalized spacial score (nSPS) is 18.7. The Labute approximate surface area is 225 Å². The fraction of sp³-hybridized carbons (Fsp3) is 0.750. The van der Waals surface area contributed by atoms with Crippen molar-refractivity contribution in [2.45, 2.75) is 138 Å². The van der Waals surface area contributed by atoms with Crippen LogP contribution in [0.2, 0.25) is 0 Å². The van der Waals surface area contributed by atoms with E-state index in [0.717, 1.165) is 59.5 Å². The lowest BCUT2D eigenvalue weighted by atomic mass is 9.85. The van der Waals surface area contributed by atoms with Gasteiger partial charge in [-0.15, -0.1) is 0 Å². The maximum Gasteiger partial charge on any atom is 0.311 e. The number of esters is 1. The number of fused-ring (bicyclic) bond motifs is 1. The molecule has 0 bridgehead atoms. The average Bonchev–Trinajstić information content (AvgIpc) is 2.80. The Balaban J connectivity index is 1.80. The molecule has 5 nitrogen and oxygen atoms in total. The summed E-state index contributed by atoms with van der Waals surface area (Å²) in [4.78, 5) is 22.9. The SMILES string of the molecule is Cc1cc2c(c(C)c1OC(=O)CCC(=O)O)CC[C@@](C)(CCC[C@H](C)CCC[C@H](C)CCCC(C)C)O2. The summed E-state index contributed by atoms with van der Waals surface area (Å²) in [6, 6.07) is 1.98. The summed E-state index contributed by atoms with van der Waals surface area (Å²) in [5.41, 5.74) is 2.69. The van der Waals surface area contributed by atoms with Crippen molar-refractivity contribution in [2.24, 2.45) is 17.8 Å². The monoisotopic (exact) mass is 516 g/mol. The van der Waals surface area contributed by atoms with Crippen molar-refractivity contribution in [1.82, 2.24) is 0 Å². The van der Waals surface area contributed by atoms with Crippen molar-refractivity contribution in [3.05, 3.63) is 22.8 Å². The molecule has 0 spiro atoms. The topological polar surface area (TPSA) is 72.8 Å². The van der Waals surface area contributed by atoms with Crippen LogP contribution >= 0.6 is 0 Å². The number of benzene rings is 1. The number of carbonyl (C=O) groups is 2. The Bertz CT molecular complexity index is 890. The molecule has 1 heterocycles. The molecule has 0 radical (unpaired) electrons. The second-order valence-electron chi connectivity index (χ2n) is 12.4. The molecular weight excluding hydrogens is 464 g/mol. The van der Waals surface area contributed by atoms with Crippen LogP contribution in [0.4, 0.5) is 0 Å². The lowest BCUT2D eigenvalue weighted by Gasteiger charge is -2.37. The Morgan fingerprint density at radius 3 is 2.16 bits per heavy atom. The lowest BCUT2D eigenvalue weighted by molar-refractivity contribution is -0.142. The maximum absolute atomic E-state index is 12.1. The zero-order valence-corrected chi connectivity index (χ0v) is 24.6. The number of hydrogen-bond acceptors (Lipinski definition) is 4. The summed E-state index contributed by atoms with van der Waals surface area (Å²) in [6.07, 6.45) is 13.1. The second kappa shape index (κ2) is 14.8. The molecule has 3 atom stereocenters. The van der Waals surface area contributed by atoms with E-state index < -0.39 is 11.9 Å². The van der Waals surface area contributed by atoms with Gasteiger partial charge in [-0.25, -0.2) is 0 Å². The quantitative estimate of drug-likeness (QED) is 0.176. The minimum atomic E-state index is -1.000. The molecule has 0 aromatic heterocycles. The lowest BCUT2D eigenvalue weighted by Crippen LogP contribution is -2.36. The molecule has 0 aliphatic carbocycles. The molecule has 0 fully saturated rings. The van der Waals surface area contributed by atoms with Crippen molar-refractivity contribution < 1.29 is 24.2 Å². The number of aryl methyl sites for hydroxylation is 1. The highest BCUT2D eigenvalue weighted by atomic mass is 16.5. The molecule has 0 unspecified atom stereocenters. The van der Waals surface area contributed by atoms with Crippen molar-refractivity contribution >= 4 is 11.9 Å². The molecular formula is C32H52O5. The van der Waals surface area contributed by atoms with Gasteiger partial charge in [-0.3, -0.25) is 9.59 Å². The van der Waals surface area contributed by atoms with Crippen LogP contribution in [-0.2, 0) is 16.0 Å². The second-order valence-corrected chi connectivity index (χ2v) is 12.4. The van der Waals surface area contributed by atoms with Crippen LogP contribution in [0.5, 0.6) is 11.5 Å². The largest absolute Gasteiger partial charge is 0.487 e. The van der Waals surface area contributed by atoms with E-state index in [9.17, 15) is 9.59 Å². The number of rotatable bonds is 16. The number of carbonyl (C=O) groups excluding carboxylic acids is 1. The summed E-state index contributed by atoms with van der Waals surface area (Å²) < 4.78 is 12.1. The molecule has 37 heavy (non-hydrogen) atoms. The van der Waals surface area contributed by atoms with Crippen LogP contribution in [0, 0.1) is 31.6 Å². The van der Waals surface area contributed by atoms with Crippen LogP contribution in [0.1, 0.15) is 128 Å². The first kappa shape index (κ1) is 31.2. The van der Waals surface area contributed by atoms with Gasteiger partial charge in [0.15, 0.2) is 0 Å². The molecule has 0 saturated heterocycles. The molecule has 1 aromatic rings. The first-order chi connectivity index (χ1) is 17.4. The summed E-state index contributed by atoms with van der Waals surface area (Å²) in [5.74, 6) is 2.36. The van der Waals surface area contributed by atoms with Crippen molar-refractivity contribution in [3.63, 3.8) is 0 Å². The Hall–Kier alpha value is -2.04. The van der Waals surface area contributed by atoms with Gasteiger partial charge in [-0.05, 0) is 81.4 Å². The van der Waals surface area contributed by atoms with Gasteiger partial charge in [-0.1, -0.05) is 72.6 Å². The van der Waals surface area contributed by atoms with Crippen LogP contribution in [0.15, 0.2) is 6.07 Å². The molecule has 5 heteroatoms. The highest BCUT2D eigenvalue weighted by Crippen LogP contribution is 2.42. The predicted octanol–water partition coefficient (Wildman–Crippen LogP) is 8.60. The summed E-state index contributed by atoms with van der Waals surface area (Å²) in [7, 11) is 0. The zero-order valence-electron chi connectivity index (χ0n) is 24.6. The van der Waals surface area contributed by atoms with Gasteiger partial charge in [0.05, 0.1) is 12.8 Å².